The molecule has 0 aromatic heterocycles. The van der Waals surface area contributed by atoms with Gasteiger partial charge in [0.25, 0.3) is 0 Å². The van der Waals surface area contributed by atoms with Crippen molar-refractivity contribution in [1.29, 1.82) is 0 Å². The quantitative estimate of drug-likeness (QED) is 0.753. The first-order chi connectivity index (χ1) is 9.49. The summed E-state index contributed by atoms with van der Waals surface area (Å²) < 4.78 is 0. The summed E-state index contributed by atoms with van der Waals surface area (Å²) in [4.78, 5) is 10.6. The number of rotatable bonds is 6. The van der Waals surface area contributed by atoms with E-state index in [-0.39, 0.29) is 5.91 Å². The highest BCUT2D eigenvalue weighted by molar-refractivity contribution is 5.73. The molecule has 0 aliphatic rings. The lowest BCUT2D eigenvalue weighted by molar-refractivity contribution is -0.119. The van der Waals surface area contributed by atoms with Gasteiger partial charge < -0.3 is 5.32 Å². The van der Waals surface area contributed by atoms with Crippen LogP contribution >= 0.6 is 0 Å². The van der Waals surface area contributed by atoms with Crippen LogP contribution in [0.3, 0.4) is 0 Å². The molecule has 1 N–H and O–H groups in total. The van der Waals surface area contributed by atoms with Crippen molar-refractivity contribution in [1.82, 2.24) is 5.32 Å². The summed E-state index contributed by atoms with van der Waals surface area (Å²) in [5.74, 6) is 0.0778. The summed E-state index contributed by atoms with van der Waals surface area (Å²) in [6.45, 7) is 10.1. The van der Waals surface area contributed by atoms with Crippen LogP contribution < -0.4 is 5.32 Å². The van der Waals surface area contributed by atoms with Gasteiger partial charge in [0, 0.05) is 13.0 Å². The molecule has 0 heterocycles. The molecule has 2 nitrogen and oxygen atoms in total. The molecule has 0 fully saturated rings. The summed E-state index contributed by atoms with van der Waals surface area (Å²) in [6.07, 6.45) is 5.98. The normalized spacial score (nSPS) is 11.2. The molecule has 1 unspecified atom stereocenters. The number of unbranched alkanes of at least 4 members (excludes halogenated alkanes) is 2. The van der Waals surface area contributed by atoms with Crippen molar-refractivity contribution in [2.75, 3.05) is 0 Å². The van der Waals surface area contributed by atoms with Gasteiger partial charge in [-0.15, -0.1) is 0 Å². The van der Waals surface area contributed by atoms with Crippen LogP contribution in [0, 0.1) is 6.92 Å². The summed E-state index contributed by atoms with van der Waals surface area (Å²) >= 11 is 0. The second-order valence-electron chi connectivity index (χ2n) is 5.44. The fraction of sp³-hybridized carbons (Fsp3) is 0.611. The van der Waals surface area contributed by atoms with Gasteiger partial charge in [0.05, 0.1) is 0 Å². The van der Waals surface area contributed by atoms with E-state index in [1.54, 1.807) is 6.92 Å². The Kier molecular flexibility index (Phi) is 10.8. The molecule has 2 heteroatoms. The SMILES string of the molecule is CCCCCC(C)NC(C)=O.CCc1cccc(C)c1. The third kappa shape index (κ3) is 10.6. The zero-order chi connectivity index (χ0) is 15.4. The van der Waals surface area contributed by atoms with Crippen LogP contribution in [-0.4, -0.2) is 11.9 Å². The minimum atomic E-state index is 0.0778. The van der Waals surface area contributed by atoms with Gasteiger partial charge in [0.2, 0.25) is 5.91 Å². The smallest absolute Gasteiger partial charge is 0.217 e. The second kappa shape index (κ2) is 11.5. The number of nitrogens with one attached hydrogen (secondary N) is 1. The summed E-state index contributed by atoms with van der Waals surface area (Å²) in [5.41, 5.74) is 2.78. The third-order valence-electron chi connectivity index (χ3n) is 3.18. The topological polar surface area (TPSA) is 29.1 Å². The molecule has 1 aromatic carbocycles. The summed E-state index contributed by atoms with van der Waals surface area (Å²) in [5, 5.41) is 2.86. The fourth-order valence-corrected chi connectivity index (χ4v) is 2.05. The maximum atomic E-state index is 10.6. The number of hydrogen-bond donors (Lipinski definition) is 1. The van der Waals surface area contributed by atoms with Gasteiger partial charge >= 0.3 is 0 Å². The van der Waals surface area contributed by atoms with Gasteiger partial charge in [-0.3, -0.25) is 4.79 Å². The maximum absolute atomic E-state index is 10.6. The van der Waals surface area contributed by atoms with Crippen LogP contribution in [0.15, 0.2) is 24.3 Å². The molecule has 0 aliphatic heterocycles. The monoisotopic (exact) mass is 277 g/mol. The van der Waals surface area contributed by atoms with Crippen molar-refractivity contribution in [3.05, 3.63) is 35.4 Å². The van der Waals surface area contributed by atoms with Crippen molar-refractivity contribution < 1.29 is 4.79 Å². The first-order valence-corrected chi connectivity index (χ1v) is 7.82. The molecular weight excluding hydrogens is 246 g/mol. The number of aryl methyl sites for hydroxylation is 2. The number of benzene rings is 1. The molecule has 0 spiro atoms. The first kappa shape index (κ1) is 18.7. The van der Waals surface area contributed by atoms with E-state index >= 15 is 0 Å². The van der Waals surface area contributed by atoms with Crippen molar-refractivity contribution in [3.8, 4) is 0 Å². The second-order valence-corrected chi connectivity index (χ2v) is 5.44. The molecule has 1 atom stereocenters. The Hall–Kier alpha value is -1.31. The van der Waals surface area contributed by atoms with Gasteiger partial charge in [-0.05, 0) is 32.3 Å². The van der Waals surface area contributed by atoms with Crippen molar-refractivity contribution in [3.63, 3.8) is 0 Å². The van der Waals surface area contributed by atoms with E-state index in [9.17, 15) is 4.79 Å². The van der Waals surface area contributed by atoms with E-state index in [4.69, 9.17) is 0 Å². The van der Waals surface area contributed by atoms with E-state index in [0.717, 1.165) is 12.8 Å². The van der Waals surface area contributed by atoms with Crippen LogP contribution in [0.2, 0.25) is 0 Å². The fourth-order valence-electron chi connectivity index (χ4n) is 2.05. The summed E-state index contributed by atoms with van der Waals surface area (Å²) in [6, 6.07) is 8.96. The van der Waals surface area contributed by atoms with Gasteiger partial charge in [0.15, 0.2) is 0 Å². The predicted octanol–water partition coefficient (Wildman–Crippen LogP) is 4.65. The van der Waals surface area contributed by atoms with E-state index in [1.165, 1.54) is 30.4 Å². The number of carbonyl (C=O) groups excluding carboxylic acids is 1. The Labute approximate surface area is 125 Å². The maximum Gasteiger partial charge on any atom is 0.217 e. The van der Waals surface area contributed by atoms with Gasteiger partial charge in [-0.2, -0.15) is 0 Å². The molecule has 0 saturated carbocycles. The molecule has 0 bridgehead atoms. The molecule has 1 rings (SSSR count). The lowest BCUT2D eigenvalue weighted by Crippen LogP contribution is -2.30. The van der Waals surface area contributed by atoms with Crippen molar-refractivity contribution in [2.24, 2.45) is 0 Å². The highest BCUT2D eigenvalue weighted by atomic mass is 16.1. The first-order valence-electron chi connectivity index (χ1n) is 7.82. The van der Waals surface area contributed by atoms with E-state index in [1.807, 2.05) is 0 Å². The zero-order valence-corrected chi connectivity index (χ0v) is 13.8. The van der Waals surface area contributed by atoms with E-state index in [2.05, 4.69) is 57.3 Å². The van der Waals surface area contributed by atoms with Crippen molar-refractivity contribution in [2.45, 2.75) is 72.8 Å². The highest BCUT2D eigenvalue weighted by Gasteiger charge is 2.01. The third-order valence-corrected chi connectivity index (χ3v) is 3.18. The van der Waals surface area contributed by atoms with Gasteiger partial charge in [-0.25, -0.2) is 0 Å². The molecule has 0 aliphatic carbocycles. The lowest BCUT2D eigenvalue weighted by Gasteiger charge is -2.10. The predicted molar refractivity (Wildman–Crippen MR) is 88.0 cm³/mol. The Bertz CT molecular complexity index is 373. The van der Waals surface area contributed by atoms with Crippen molar-refractivity contribution >= 4 is 5.91 Å². The molecular formula is C18H31NO. The Morgan fingerprint density at radius 2 is 1.95 bits per heavy atom. The number of carbonyl (C=O) groups is 1. The van der Waals surface area contributed by atoms with Gasteiger partial charge in [0.1, 0.15) is 0 Å². The average molecular weight is 277 g/mol. The van der Waals surface area contributed by atoms with Crippen LogP contribution in [-0.2, 0) is 11.2 Å². The molecule has 1 amide bonds. The van der Waals surface area contributed by atoms with Crippen LogP contribution in [0.5, 0.6) is 0 Å². The average Bonchev–Trinajstić information content (AvgIpc) is 2.39. The van der Waals surface area contributed by atoms with Crippen LogP contribution in [0.1, 0.15) is 64.5 Å². The molecule has 1 aromatic rings. The summed E-state index contributed by atoms with van der Waals surface area (Å²) in [7, 11) is 0. The highest BCUT2D eigenvalue weighted by Crippen LogP contribution is 2.03. The largest absolute Gasteiger partial charge is 0.354 e. The molecule has 0 saturated heterocycles. The Morgan fingerprint density at radius 1 is 1.25 bits per heavy atom. The Balaban J connectivity index is 0.000000367. The standard InChI is InChI=1S/C9H19NO.C9H12/c1-4-5-6-7-8(2)10-9(3)11;1-3-9-6-4-5-8(2)7-9/h8H,4-7H2,1-3H3,(H,10,11);4-7H,3H2,1-2H3. The van der Waals surface area contributed by atoms with Crippen LogP contribution in [0.25, 0.3) is 0 Å². The van der Waals surface area contributed by atoms with E-state index in [0.29, 0.717) is 6.04 Å². The molecule has 114 valence electrons. The number of amides is 1. The van der Waals surface area contributed by atoms with E-state index < -0.39 is 0 Å². The van der Waals surface area contributed by atoms with Crippen LogP contribution in [0.4, 0.5) is 0 Å². The Morgan fingerprint density at radius 3 is 2.40 bits per heavy atom. The lowest BCUT2D eigenvalue weighted by atomic mass is 10.1. The van der Waals surface area contributed by atoms with Gasteiger partial charge in [-0.1, -0.05) is 62.9 Å². The minimum absolute atomic E-state index is 0.0778. The minimum Gasteiger partial charge on any atom is -0.354 e. The molecule has 0 radical (unpaired) electrons. The number of hydrogen-bond acceptors (Lipinski definition) is 1. The zero-order valence-electron chi connectivity index (χ0n) is 13.8. The molecule has 20 heavy (non-hydrogen) atoms.